The van der Waals surface area contributed by atoms with Crippen LogP contribution in [0.15, 0.2) is 53.4 Å². The van der Waals surface area contributed by atoms with Gasteiger partial charge in [-0.05, 0) is 80.6 Å². The number of nitrogens with two attached hydrogens (primary N) is 1. The number of benzene rings is 2. The third-order valence-electron chi connectivity index (χ3n) is 6.99. The summed E-state index contributed by atoms with van der Waals surface area (Å²) in [5.41, 5.74) is 6.20. The van der Waals surface area contributed by atoms with Crippen LogP contribution in [0.1, 0.15) is 42.5 Å². The molecule has 1 saturated heterocycles. The molecule has 0 atom stereocenters. The number of piperidine rings is 1. The molecule has 2 amide bonds. The van der Waals surface area contributed by atoms with Crippen LogP contribution in [0.2, 0.25) is 0 Å². The normalized spacial score (nSPS) is 17.8. The van der Waals surface area contributed by atoms with E-state index in [-0.39, 0.29) is 23.6 Å². The molecule has 0 aromatic heterocycles. The molecule has 36 heavy (non-hydrogen) atoms. The third kappa shape index (κ3) is 5.49. The minimum Gasteiger partial charge on any atom is -0.497 e. The van der Waals surface area contributed by atoms with Gasteiger partial charge in [0.2, 0.25) is 5.91 Å². The lowest BCUT2D eigenvalue weighted by Crippen LogP contribution is -2.57. The van der Waals surface area contributed by atoms with E-state index in [9.17, 15) is 18.0 Å². The van der Waals surface area contributed by atoms with Crippen molar-refractivity contribution >= 4 is 21.7 Å². The van der Waals surface area contributed by atoms with E-state index in [0.717, 1.165) is 12.8 Å². The maximum Gasteiger partial charge on any atom is 0.251 e. The maximum atomic E-state index is 13.5. The number of nitrogens with zero attached hydrogens (tertiary/aromatic N) is 1. The summed E-state index contributed by atoms with van der Waals surface area (Å²) in [6.07, 6.45) is 3.26. The molecule has 0 radical (unpaired) electrons. The van der Waals surface area contributed by atoms with Gasteiger partial charge in [-0.1, -0.05) is 0 Å². The van der Waals surface area contributed by atoms with Gasteiger partial charge in [-0.3, -0.25) is 9.59 Å². The first-order valence-electron chi connectivity index (χ1n) is 12.2. The Morgan fingerprint density at radius 3 is 2.19 bits per heavy atom. The van der Waals surface area contributed by atoms with Crippen molar-refractivity contribution in [1.29, 1.82) is 0 Å². The average Bonchev–Trinajstić information content (AvgIpc) is 3.74. The monoisotopic (exact) mass is 515 g/mol. The van der Waals surface area contributed by atoms with Crippen LogP contribution >= 0.6 is 0 Å². The molecule has 2 fully saturated rings. The third-order valence-corrected chi connectivity index (χ3v) is 9.53. The molecule has 0 bridgehead atoms. The highest BCUT2D eigenvalue weighted by Crippen LogP contribution is 2.39. The fourth-order valence-corrected chi connectivity index (χ4v) is 6.52. The molecule has 3 N–H and O–H groups in total. The number of carbonyl (C=O) groups excluding carboxylic acids is 2. The molecule has 2 aromatic rings. The predicted molar refractivity (Wildman–Crippen MR) is 135 cm³/mol. The zero-order chi connectivity index (χ0) is 25.8. The molecular formula is C26H33N3O6S. The van der Waals surface area contributed by atoms with Gasteiger partial charge in [0.25, 0.3) is 5.91 Å². The van der Waals surface area contributed by atoms with Gasteiger partial charge >= 0.3 is 0 Å². The number of hydrogen-bond acceptors (Lipinski definition) is 7. The Bertz CT molecular complexity index is 1170. The Morgan fingerprint density at radius 2 is 1.64 bits per heavy atom. The second kappa shape index (κ2) is 10.9. The molecule has 1 saturated carbocycles. The lowest BCUT2D eigenvalue weighted by Gasteiger charge is -2.39. The summed E-state index contributed by atoms with van der Waals surface area (Å²) < 4.78 is 36.1. The Hall–Kier alpha value is -3.11. The smallest absolute Gasteiger partial charge is 0.251 e. The number of hydrogen-bond donors (Lipinski definition) is 2. The van der Waals surface area contributed by atoms with Gasteiger partial charge in [-0.15, -0.1) is 0 Å². The molecule has 0 unspecified atom stereocenters. The van der Waals surface area contributed by atoms with E-state index in [1.165, 1.54) is 12.1 Å². The molecule has 1 heterocycles. The minimum atomic E-state index is -3.95. The van der Waals surface area contributed by atoms with Crippen molar-refractivity contribution < 1.29 is 27.5 Å². The average molecular weight is 516 g/mol. The number of carbonyl (C=O) groups is 2. The summed E-state index contributed by atoms with van der Waals surface area (Å²) in [7, 11) is -2.38. The molecule has 9 nitrogen and oxygen atoms in total. The number of likely N-dealkylation sites (tertiary alicyclic amines) is 1. The van der Waals surface area contributed by atoms with Crippen molar-refractivity contribution in [2.24, 2.45) is 5.73 Å². The molecule has 2 aromatic carbocycles. The van der Waals surface area contributed by atoms with E-state index in [1.807, 2.05) is 0 Å². The number of methoxy groups -OCH3 is 1. The lowest BCUT2D eigenvalue weighted by molar-refractivity contribution is -0.121. The molecule has 0 spiro atoms. The van der Waals surface area contributed by atoms with Gasteiger partial charge < -0.3 is 25.4 Å². The van der Waals surface area contributed by atoms with Crippen molar-refractivity contribution in [3.63, 3.8) is 0 Å². The summed E-state index contributed by atoms with van der Waals surface area (Å²) in [4.78, 5) is 26.9. The molecule has 4 rings (SSSR count). The summed E-state index contributed by atoms with van der Waals surface area (Å²) in [6, 6.07) is 13.5. The molecule has 2 aliphatic rings. The number of primary amides is 1. The predicted octanol–water partition coefficient (Wildman–Crippen LogP) is 2.15. The van der Waals surface area contributed by atoms with Crippen molar-refractivity contribution in [2.75, 3.05) is 33.4 Å². The van der Waals surface area contributed by atoms with E-state index in [1.54, 1.807) is 43.5 Å². The Labute approximate surface area is 211 Å². The van der Waals surface area contributed by atoms with Crippen molar-refractivity contribution in [1.82, 2.24) is 10.2 Å². The number of sulfone groups is 1. The SMILES string of the molecule is COc1ccc(C(=O)NCCCOc2ccc(S(=O)(=O)C3(C(N)=O)CCN(C4CC4)CC3)cc2)cc1. The fraction of sp³-hybridized carbons (Fsp3) is 0.462. The first-order valence-corrected chi connectivity index (χ1v) is 13.7. The zero-order valence-corrected chi connectivity index (χ0v) is 21.3. The van der Waals surface area contributed by atoms with E-state index in [4.69, 9.17) is 15.2 Å². The van der Waals surface area contributed by atoms with Crippen LogP contribution in [0.5, 0.6) is 11.5 Å². The topological polar surface area (TPSA) is 128 Å². The van der Waals surface area contributed by atoms with Gasteiger partial charge in [0.1, 0.15) is 11.5 Å². The Balaban J connectivity index is 1.28. The van der Waals surface area contributed by atoms with Crippen LogP contribution < -0.4 is 20.5 Å². The number of nitrogens with one attached hydrogen (secondary N) is 1. The highest BCUT2D eigenvalue weighted by Gasteiger charge is 2.52. The van der Waals surface area contributed by atoms with E-state index < -0.39 is 20.5 Å². The second-order valence-corrected chi connectivity index (χ2v) is 11.5. The summed E-state index contributed by atoms with van der Waals surface area (Å²) >= 11 is 0. The maximum absolute atomic E-state index is 13.5. The van der Waals surface area contributed by atoms with Crippen LogP contribution in [0.3, 0.4) is 0 Å². The van der Waals surface area contributed by atoms with Gasteiger partial charge in [0.15, 0.2) is 14.6 Å². The van der Waals surface area contributed by atoms with Gasteiger partial charge in [0.05, 0.1) is 18.6 Å². The summed E-state index contributed by atoms with van der Waals surface area (Å²) in [5, 5.41) is 2.83. The van der Waals surface area contributed by atoms with Gasteiger partial charge in [0, 0.05) is 31.2 Å². The fourth-order valence-electron chi connectivity index (χ4n) is 4.59. The van der Waals surface area contributed by atoms with Crippen molar-refractivity contribution in [3.8, 4) is 11.5 Å². The van der Waals surface area contributed by atoms with E-state index in [2.05, 4.69) is 10.2 Å². The molecule has 1 aliphatic carbocycles. The van der Waals surface area contributed by atoms with Crippen molar-refractivity contribution in [2.45, 2.75) is 47.8 Å². The first kappa shape index (κ1) is 26.0. The zero-order valence-electron chi connectivity index (χ0n) is 20.4. The molecule has 10 heteroatoms. The van der Waals surface area contributed by atoms with Crippen LogP contribution in [-0.2, 0) is 14.6 Å². The lowest BCUT2D eigenvalue weighted by atomic mass is 9.95. The van der Waals surface area contributed by atoms with Crippen LogP contribution in [0.25, 0.3) is 0 Å². The summed E-state index contributed by atoms with van der Waals surface area (Å²) in [5.74, 6) is 0.225. The second-order valence-electron chi connectivity index (χ2n) is 9.29. The number of rotatable bonds is 11. The molecule has 1 aliphatic heterocycles. The van der Waals surface area contributed by atoms with E-state index in [0.29, 0.717) is 55.8 Å². The highest BCUT2D eigenvalue weighted by molar-refractivity contribution is 7.93. The molecular weight excluding hydrogens is 482 g/mol. The molecule has 194 valence electrons. The number of ether oxygens (including phenoxy) is 2. The van der Waals surface area contributed by atoms with Crippen LogP contribution in [0.4, 0.5) is 0 Å². The Morgan fingerprint density at radius 1 is 1.03 bits per heavy atom. The largest absolute Gasteiger partial charge is 0.497 e. The highest BCUT2D eigenvalue weighted by atomic mass is 32.2. The quantitative estimate of drug-likeness (QED) is 0.439. The van der Waals surface area contributed by atoms with Gasteiger partial charge in [-0.2, -0.15) is 0 Å². The Kier molecular flexibility index (Phi) is 7.85. The van der Waals surface area contributed by atoms with Gasteiger partial charge in [-0.25, -0.2) is 8.42 Å². The first-order chi connectivity index (χ1) is 17.3. The standard InChI is InChI=1S/C26H33N3O6S/c1-34-21-7-3-19(4-8-21)24(30)28-15-2-18-35-22-9-11-23(12-10-22)36(32,33)26(25(27)31)13-16-29(17-14-26)20-5-6-20/h3-4,7-12,20H,2,5-6,13-18H2,1H3,(H2,27,31)(H,28,30). The summed E-state index contributed by atoms with van der Waals surface area (Å²) in [6.45, 7) is 1.89. The minimum absolute atomic E-state index is 0.0697. The van der Waals surface area contributed by atoms with Crippen LogP contribution in [0, 0.1) is 0 Å². The van der Waals surface area contributed by atoms with E-state index >= 15 is 0 Å². The van der Waals surface area contributed by atoms with Crippen molar-refractivity contribution in [3.05, 3.63) is 54.1 Å². The van der Waals surface area contributed by atoms with Crippen LogP contribution in [-0.4, -0.2) is 69.3 Å². The number of amides is 2.